The summed E-state index contributed by atoms with van der Waals surface area (Å²) >= 11 is 0. The molecule has 1 N–H and O–H groups in total. The molecule has 1 aromatic heterocycles. The highest BCUT2D eigenvalue weighted by molar-refractivity contribution is 5.07. The highest BCUT2D eigenvalue weighted by Gasteiger charge is 2.05. The summed E-state index contributed by atoms with van der Waals surface area (Å²) in [6.45, 7) is 3.82. The summed E-state index contributed by atoms with van der Waals surface area (Å²) in [6, 6.07) is 0. The highest BCUT2D eigenvalue weighted by atomic mass is 15.3. The standard InChI is InChI=1S/C12H20N4/c1-10-14-15-12(16(10)2)9-13-8-7-11-5-3-4-6-11/h5,13H,3-4,6-9H2,1-2H3. The van der Waals surface area contributed by atoms with E-state index < -0.39 is 0 Å². The van der Waals surface area contributed by atoms with Gasteiger partial charge in [0.25, 0.3) is 0 Å². The van der Waals surface area contributed by atoms with Crippen molar-refractivity contribution in [3.05, 3.63) is 23.3 Å². The van der Waals surface area contributed by atoms with Crippen LogP contribution in [0.3, 0.4) is 0 Å². The molecule has 0 atom stereocenters. The van der Waals surface area contributed by atoms with Gasteiger partial charge in [-0.15, -0.1) is 10.2 Å². The van der Waals surface area contributed by atoms with Crippen molar-refractivity contribution in [2.24, 2.45) is 7.05 Å². The second-order valence-electron chi connectivity index (χ2n) is 4.40. The largest absolute Gasteiger partial charge is 0.317 e. The Morgan fingerprint density at radius 1 is 1.44 bits per heavy atom. The molecule has 0 saturated heterocycles. The van der Waals surface area contributed by atoms with Crippen molar-refractivity contribution in [1.82, 2.24) is 20.1 Å². The predicted octanol–water partition coefficient (Wildman–Crippen LogP) is 1.71. The van der Waals surface area contributed by atoms with Crippen LogP contribution in [0.5, 0.6) is 0 Å². The maximum atomic E-state index is 4.12. The molecule has 88 valence electrons. The maximum Gasteiger partial charge on any atom is 0.146 e. The van der Waals surface area contributed by atoms with Gasteiger partial charge in [-0.3, -0.25) is 0 Å². The van der Waals surface area contributed by atoms with Gasteiger partial charge in [-0.25, -0.2) is 0 Å². The fourth-order valence-electron chi connectivity index (χ4n) is 2.02. The Balaban J connectivity index is 1.70. The average Bonchev–Trinajstić information content (AvgIpc) is 2.88. The molecular weight excluding hydrogens is 200 g/mol. The summed E-state index contributed by atoms with van der Waals surface area (Å²) in [4.78, 5) is 0. The molecule has 0 aromatic carbocycles. The van der Waals surface area contributed by atoms with Crippen LogP contribution in [-0.4, -0.2) is 21.3 Å². The van der Waals surface area contributed by atoms with Crippen molar-refractivity contribution < 1.29 is 0 Å². The van der Waals surface area contributed by atoms with Crippen LogP contribution in [0.1, 0.15) is 37.3 Å². The zero-order valence-electron chi connectivity index (χ0n) is 10.2. The van der Waals surface area contributed by atoms with Gasteiger partial charge < -0.3 is 9.88 Å². The first-order chi connectivity index (χ1) is 7.77. The minimum atomic E-state index is 0.810. The summed E-state index contributed by atoms with van der Waals surface area (Å²) in [7, 11) is 2.01. The molecule has 0 radical (unpaired) electrons. The van der Waals surface area contributed by atoms with Crippen molar-refractivity contribution in [2.75, 3.05) is 6.54 Å². The molecule has 1 aromatic rings. The normalized spacial score (nSPS) is 15.5. The molecule has 1 aliphatic rings. The average molecular weight is 220 g/mol. The van der Waals surface area contributed by atoms with Gasteiger partial charge in [-0.05, 0) is 39.2 Å². The van der Waals surface area contributed by atoms with Crippen molar-refractivity contribution in [1.29, 1.82) is 0 Å². The van der Waals surface area contributed by atoms with Crippen LogP contribution in [0, 0.1) is 6.92 Å². The molecular formula is C12H20N4. The van der Waals surface area contributed by atoms with Crippen molar-refractivity contribution in [2.45, 2.75) is 39.2 Å². The fraction of sp³-hybridized carbons (Fsp3) is 0.667. The lowest BCUT2D eigenvalue weighted by Gasteiger charge is -2.05. The first-order valence-corrected chi connectivity index (χ1v) is 6.01. The summed E-state index contributed by atoms with van der Waals surface area (Å²) in [5, 5.41) is 11.6. The van der Waals surface area contributed by atoms with Gasteiger partial charge >= 0.3 is 0 Å². The molecule has 1 heterocycles. The lowest BCUT2D eigenvalue weighted by atomic mass is 10.2. The lowest BCUT2D eigenvalue weighted by Crippen LogP contribution is -2.18. The van der Waals surface area contributed by atoms with Crippen molar-refractivity contribution >= 4 is 0 Å². The molecule has 1 aliphatic carbocycles. The maximum absolute atomic E-state index is 4.12. The molecule has 4 heteroatoms. The molecule has 0 saturated carbocycles. The van der Waals surface area contributed by atoms with Crippen LogP contribution < -0.4 is 5.32 Å². The SMILES string of the molecule is Cc1nnc(CNCCC2=CCCC2)n1C. The van der Waals surface area contributed by atoms with Gasteiger partial charge in [0.2, 0.25) is 0 Å². The summed E-state index contributed by atoms with van der Waals surface area (Å²) in [5.41, 5.74) is 1.61. The van der Waals surface area contributed by atoms with Crippen LogP contribution in [-0.2, 0) is 13.6 Å². The van der Waals surface area contributed by atoms with E-state index in [0.29, 0.717) is 0 Å². The third-order valence-electron chi connectivity index (χ3n) is 3.22. The molecule has 0 amide bonds. The van der Waals surface area contributed by atoms with E-state index in [1.165, 1.54) is 25.7 Å². The minimum Gasteiger partial charge on any atom is -0.317 e. The van der Waals surface area contributed by atoms with Crippen LogP contribution in [0.15, 0.2) is 11.6 Å². The molecule has 16 heavy (non-hydrogen) atoms. The molecule has 2 rings (SSSR count). The van der Waals surface area contributed by atoms with Gasteiger partial charge in [-0.2, -0.15) is 0 Å². The van der Waals surface area contributed by atoms with Gasteiger partial charge in [-0.1, -0.05) is 11.6 Å². The van der Waals surface area contributed by atoms with Gasteiger partial charge in [0.15, 0.2) is 0 Å². The van der Waals surface area contributed by atoms with Gasteiger partial charge in [0.05, 0.1) is 6.54 Å². The van der Waals surface area contributed by atoms with E-state index in [9.17, 15) is 0 Å². The third-order valence-corrected chi connectivity index (χ3v) is 3.22. The smallest absolute Gasteiger partial charge is 0.146 e. The number of hydrogen-bond donors (Lipinski definition) is 1. The number of nitrogens with one attached hydrogen (secondary N) is 1. The Morgan fingerprint density at radius 3 is 2.94 bits per heavy atom. The Bertz CT molecular complexity index is 378. The van der Waals surface area contributed by atoms with Crippen molar-refractivity contribution in [3.8, 4) is 0 Å². The molecule has 0 spiro atoms. The molecule has 0 aliphatic heterocycles. The van der Waals surface area contributed by atoms with E-state index in [1.807, 2.05) is 18.5 Å². The second-order valence-corrected chi connectivity index (χ2v) is 4.40. The van der Waals surface area contributed by atoms with E-state index in [4.69, 9.17) is 0 Å². The first-order valence-electron chi connectivity index (χ1n) is 6.01. The second kappa shape index (κ2) is 5.25. The number of aromatic nitrogens is 3. The number of nitrogens with zero attached hydrogens (tertiary/aromatic N) is 3. The van der Waals surface area contributed by atoms with Gasteiger partial charge in [0.1, 0.15) is 11.6 Å². The fourth-order valence-corrected chi connectivity index (χ4v) is 2.02. The van der Waals surface area contributed by atoms with Crippen LogP contribution in [0.2, 0.25) is 0 Å². The first kappa shape index (κ1) is 11.3. The Labute approximate surface area is 96.8 Å². The lowest BCUT2D eigenvalue weighted by molar-refractivity contribution is 0.628. The Kier molecular flexibility index (Phi) is 3.72. The quantitative estimate of drug-likeness (QED) is 0.607. The summed E-state index contributed by atoms with van der Waals surface area (Å²) < 4.78 is 2.03. The molecule has 0 unspecified atom stereocenters. The predicted molar refractivity (Wildman–Crippen MR) is 64.0 cm³/mol. The van der Waals surface area contributed by atoms with Crippen LogP contribution >= 0.6 is 0 Å². The number of rotatable bonds is 5. The molecule has 0 bridgehead atoms. The Morgan fingerprint density at radius 2 is 2.31 bits per heavy atom. The van der Waals surface area contributed by atoms with E-state index in [1.54, 1.807) is 5.57 Å². The Hall–Kier alpha value is -1.16. The molecule has 0 fully saturated rings. The zero-order valence-corrected chi connectivity index (χ0v) is 10.2. The third kappa shape index (κ3) is 2.70. The zero-order chi connectivity index (χ0) is 11.4. The van der Waals surface area contributed by atoms with Crippen LogP contribution in [0.4, 0.5) is 0 Å². The van der Waals surface area contributed by atoms with E-state index >= 15 is 0 Å². The van der Waals surface area contributed by atoms with E-state index in [2.05, 4.69) is 21.6 Å². The molecule has 4 nitrogen and oxygen atoms in total. The van der Waals surface area contributed by atoms with E-state index in [0.717, 1.165) is 24.7 Å². The summed E-state index contributed by atoms with van der Waals surface area (Å²) in [5.74, 6) is 1.98. The van der Waals surface area contributed by atoms with Crippen LogP contribution in [0.25, 0.3) is 0 Å². The van der Waals surface area contributed by atoms with Gasteiger partial charge in [0, 0.05) is 7.05 Å². The number of hydrogen-bond acceptors (Lipinski definition) is 3. The number of aryl methyl sites for hydroxylation is 1. The number of allylic oxidation sites excluding steroid dienone is 1. The van der Waals surface area contributed by atoms with E-state index in [-0.39, 0.29) is 0 Å². The summed E-state index contributed by atoms with van der Waals surface area (Å²) in [6.07, 6.45) is 7.48. The highest BCUT2D eigenvalue weighted by Crippen LogP contribution is 2.19. The van der Waals surface area contributed by atoms with Crippen molar-refractivity contribution in [3.63, 3.8) is 0 Å². The monoisotopic (exact) mass is 220 g/mol. The topological polar surface area (TPSA) is 42.7 Å². The minimum absolute atomic E-state index is 0.810.